The Morgan fingerprint density at radius 3 is 2.38 bits per heavy atom. The molecule has 3 aromatic carbocycles. The van der Waals surface area contributed by atoms with Gasteiger partial charge >= 0.3 is 0 Å². The highest BCUT2D eigenvalue weighted by Gasteiger charge is 2.44. The Labute approximate surface area is 458 Å². The van der Waals surface area contributed by atoms with Gasteiger partial charge in [-0.3, -0.25) is 23.6 Å². The molecule has 3 aliphatic heterocycles. The molecular formula is C55H73ClN12O6S2. The van der Waals surface area contributed by atoms with Crippen molar-refractivity contribution >= 4 is 86.2 Å². The zero-order valence-corrected chi connectivity index (χ0v) is 47.1. The number of hydrogen-bond donors (Lipinski definition) is 5. The van der Waals surface area contributed by atoms with Gasteiger partial charge in [0.15, 0.2) is 5.82 Å². The first kappa shape index (κ1) is 56.3. The highest BCUT2D eigenvalue weighted by molar-refractivity contribution is 7.85. The monoisotopic (exact) mass is 1100 g/mol. The number of rotatable bonds is 20. The largest absolute Gasteiger partial charge is 0.494 e. The number of amides is 3. The van der Waals surface area contributed by atoms with Crippen LogP contribution < -0.4 is 35.2 Å². The van der Waals surface area contributed by atoms with Crippen LogP contribution in [0.3, 0.4) is 0 Å². The molecule has 3 saturated heterocycles. The van der Waals surface area contributed by atoms with Crippen LogP contribution in [0, 0.1) is 12.3 Å². The number of unbranched alkanes of at least 4 members (excludes halogenated alkanes) is 1. The molecule has 3 fully saturated rings. The van der Waals surface area contributed by atoms with Gasteiger partial charge in [0.25, 0.3) is 0 Å². The number of carbonyl (C=O) groups excluding carboxylic acids is 3. The minimum absolute atomic E-state index is 0.0321. The molecule has 5 aromatic rings. The minimum atomic E-state index is -1.22. The van der Waals surface area contributed by atoms with Gasteiger partial charge in [-0.15, -0.1) is 11.3 Å². The molecule has 0 spiro atoms. The van der Waals surface area contributed by atoms with Gasteiger partial charge < -0.3 is 45.8 Å². The van der Waals surface area contributed by atoms with Gasteiger partial charge in [0, 0.05) is 96.3 Å². The molecule has 8 rings (SSSR count). The van der Waals surface area contributed by atoms with Crippen LogP contribution in [-0.2, 0) is 31.9 Å². The van der Waals surface area contributed by atoms with Crippen LogP contribution >= 0.6 is 22.9 Å². The van der Waals surface area contributed by atoms with E-state index in [1.54, 1.807) is 36.1 Å². The zero-order valence-electron chi connectivity index (χ0n) is 44.7. The van der Waals surface area contributed by atoms with Crippen molar-refractivity contribution in [1.29, 1.82) is 0 Å². The summed E-state index contributed by atoms with van der Waals surface area (Å²) in [6.45, 7) is 14.8. The number of aliphatic hydroxyl groups excluding tert-OH is 1. The summed E-state index contributed by atoms with van der Waals surface area (Å²) in [5.74, 6) is 0.526. The lowest BCUT2D eigenvalue weighted by Crippen LogP contribution is -2.57. The average molecular weight is 1100 g/mol. The van der Waals surface area contributed by atoms with E-state index in [-0.39, 0.29) is 37.2 Å². The Hall–Kier alpha value is -5.90. The van der Waals surface area contributed by atoms with Crippen molar-refractivity contribution in [3.63, 3.8) is 0 Å². The van der Waals surface area contributed by atoms with Gasteiger partial charge in [0.1, 0.15) is 33.8 Å². The predicted molar refractivity (Wildman–Crippen MR) is 304 cm³/mol. The van der Waals surface area contributed by atoms with Gasteiger partial charge in [-0.1, -0.05) is 68.8 Å². The number of benzene rings is 3. The van der Waals surface area contributed by atoms with E-state index >= 15 is 0 Å². The summed E-state index contributed by atoms with van der Waals surface area (Å²) < 4.78 is 19.7. The summed E-state index contributed by atoms with van der Waals surface area (Å²) in [5, 5.41) is 23.6. The van der Waals surface area contributed by atoms with Crippen molar-refractivity contribution < 1.29 is 28.4 Å². The lowest BCUT2D eigenvalue weighted by Gasteiger charge is -2.43. The molecule has 18 nitrogen and oxygen atoms in total. The van der Waals surface area contributed by atoms with Crippen molar-refractivity contribution in [2.75, 3.05) is 92.6 Å². The number of aryl methyl sites for hydroxylation is 1. The van der Waals surface area contributed by atoms with Crippen LogP contribution in [0.1, 0.15) is 70.6 Å². The first-order valence-corrected chi connectivity index (χ1v) is 28.9. The second-order valence-electron chi connectivity index (χ2n) is 21.0. The van der Waals surface area contributed by atoms with Crippen molar-refractivity contribution in [2.24, 2.45) is 5.41 Å². The third kappa shape index (κ3) is 14.2. The number of carbonyl (C=O) groups is 3. The number of nitrogens with zero attached hydrogens (tertiary/aromatic N) is 8. The van der Waals surface area contributed by atoms with E-state index < -0.39 is 34.6 Å². The maximum atomic E-state index is 14.2. The summed E-state index contributed by atoms with van der Waals surface area (Å²) in [4.78, 5) is 64.6. The Balaban J connectivity index is 0.747. The van der Waals surface area contributed by atoms with Crippen molar-refractivity contribution in [2.45, 2.75) is 97.0 Å². The number of methoxy groups -OCH3 is 1. The summed E-state index contributed by atoms with van der Waals surface area (Å²) in [6.07, 6.45) is 6.44. The van der Waals surface area contributed by atoms with Crippen molar-refractivity contribution in [1.82, 2.24) is 40.3 Å². The van der Waals surface area contributed by atoms with E-state index in [9.17, 15) is 23.7 Å². The first-order valence-electron chi connectivity index (χ1n) is 26.1. The van der Waals surface area contributed by atoms with Crippen molar-refractivity contribution in [3.05, 3.63) is 94.7 Å². The normalized spacial score (nSPS) is 18.5. The molecule has 21 heteroatoms. The molecule has 0 radical (unpaired) electrons. The fourth-order valence-corrected chi connectivity index (χ4v) is 11.6. The summed E-state index contributed by atoms with van der Waals surface area (Å²) in [6, 6.07) is 20.4. The molecule has 1 unspecified atom stereocenters. The Kier molecular flexibility index (Phi) is 18.9. The summed E-state index contributed by atoms with van der Waals surface area (Å²) in [7, 11) is 2.19. The standard InChI is InChI=1S/C55H73ClN12O6S2/c1-36-49(75-35-59-36)38-17-15-37(16-18-38)32-57-52(71)46-31-41(69)34-68(46)53(72)50(55(2,3)4)62-48(70)14-10-11-23-65-26-28-67(29-27-65)39-21-24-66(25-22-39)40-19-20-44(47(30-40)74-6)61-54-58-33-42(56)51(63-54)60-43-12-8-9-13-45(43)64(5)76(7)73/h8-9,12-13,15-20,30,33,35,39,41,46,50,69H,10-11,14,21-29,31-32,34H2,1-7H3,(H,57,71)(H,62,70)(H2,58,60,61,63)/t41-,46-,50-,76?/m1/s1. The molecule has 0 saturated carbocycles. The number of ether oxygens (including phenoxy) is 1. The van der Waals surface area contributed by atoms with E-state index in [2.05, 4.69) is 57.0 Å². The number of nitrogens with one attached hydrogen (secondary N) is 4. The van der Waals surface area contributed by atoms with Crippen molar-refractivity contribution in [3.8, 4) is 16.2 Å². The molecule has 0 bridgehead atoms. The third-order valence-corrected chi connectivity index (χ3v) is 16.9. The number of β-amino-alcohol motifs (C(OH)–C–C–N with tert-alkyl or cyclic N) is 1. The maximum absolute atomic E-state index is 14.2. The van der Waals surface area contributed by atoms with Gasteiger partial charge in [-0.25, -0.2) is 14.2 Å². The van der Waals surface area contributed by atoms with E-state index in [1.165, 1.54) is 11.1 Å². The highest BCUT2D eigenvalue weighted by Crippen LogP contribution is 2.36. The van der Waals surface area contributed by atoms with Crippen LogP contribution in [-0.4, -0.2) is 154 Å². The second kappa shape index (κ2) is 25.5. The fourth-order valence-electron chi connectivity index (χ4n) is 10.2. The number of para-hydroxylation sites is 2. The van der Waals surface area contributed by atoms with Crippen LogP contribution in [0.5, 0.6) is 5.75 Å². The smallest absolute Gasteiger partial charge is 0.246 e. The average Bonchev–Trinajstić information content (AvgIpc) is 4.04. The Bertz CT molecular complexity index is 2820. The van der Waals surface area contributed by atoms with E-state index in [0.717, 1.165) is 98.1 Å². The van der Waals surface area contributed by atoms with Crippen LogP contribution in [0.25, 0.3) is 10.4 Å². The molecule has 0 aliphatic carbocycles. The Morgan fingerprint density at radius 2 is 1.70 bits per heavy atom. The number of aliphatic hydroxyl groups is 1. The fraction of sp³-hybridized carbons (Fsp3) is 0.491. The second-order valence-corrected chi connectivity index (χ2v) is 23.6. The molecule has 4 atom stereocenters. The zero-order chi connectivity index (χ0) is 54.1. The number of piperidine rings is 1. The number of anilines is 6. The lowest BCUT2D eigenvalue weighted by molar-refractivity contribution is -0.144. The molecule has 408 valence electrons. The molecule has 5 N–H and O–H groups in total. The minimum Gasteiger partial charge on any atom is -0.494 e. The van der Waals surface area contributed by atoms with E-state index in [1.807, 2.05) is 93.9 Å². The SMILES string of the molecule is COc1cc(N2CCC(N3CCN(CCCCC(=O)N[C@H](C(=O)N4C[C@H](O)C[C@@H]4C(=O)NCc4ccc(-c5scnc5C)cc4)C(C)(C)C)CC3)CC2)ccc1Nc1ncc(Cl)c(Nc2ccccc2N(C)S(C)=O)n1. The molecule has 2 aromatic heterocycles. The molecule has 3 amide bonds. The first-order chi connectivity index (χ1) is 36.4. The number of thiazole rings is 1. The van der Waals surface area contributed by atoms with E-state index in [4.69, 9.17) is 16.3 Å². The van der Waals surface area contributed by atoms with Crippen LogP contribution in [0.4, 0.5) is 34.5 Å². The lowest BCUT2D eigenvalue weighted by atomic mass is 9.85. The van der Waals surface area contributed by atoms with Gasteiger partial charge in [-0.05, 0) is 80.0 Å². The third-order valence-electron chi connectivity index (χ3n) is 14.7. The number of piperazine rings is 1. The topological polar surface area (TPSA) is 201 Å². The van der Waals surface area contributed by atoms with Crippen LogP contribution in [0.15, 0.2) is 78.4 Å². The molecular weight excluding hydrogens is 1020 g/mol. The molecule has 3 aliphatic rings. The van der Waals surface area contributed by atoms with Gasteiger partial charge in [-0.2, -0.15) is 4.98 Å². The van der Waals surface area contributed by atoms with Gasteiger partial charge in [0.05, 0.1) is 52.6 Å². The Morgan fingerprint density at radius 1 is 0.961 bits per heavy atom. The number of aromatic nitrogens is 3. The summed E-state index contributed by atoms with van der Waals surface area (Å²) >= 11 is 8.11. The number of likely N-dealkylation sites (tertiary alicyclic amines) is 1. The quantitative estimate of drug-likeness (QED) is 0.0485. The highest BCUT2D eigenvalue weighted by atomic mass is 35.5. The van der Waals surface area contributed by atoms with Gasteiger partial charge in [0.2, 0.25) is 23.7 Å². The van der Waals surface area contributed by atoms with Crippen LogP contribution in [0.2, 0.25) is 5.02 Å². The van der Waals surface area contributed by atoms with E-state index in [0.29, 0.717) is 52.8 Å². The molecule has 5 heterocycles. The predicted octanol–water partition coefficient (Wildman–Crippen LogP) is 7.35. The molecule has 76 heavy (non-hydrogen) atoms. The maximum Gasteiger partial charge on any atom is 0.246 e. The number of hydrogen-bond acceptors (Lipinski definition) is 15. The summed E-state index contributed by atoms with van der Waals surface area (Å²) in [5.41, 5.74) is 7.41. The number of halogens is 1.